The molecular formula is C12H17NO4. The molecule has 0 radical (unpaired) electrons. The molecule has 1 spiro atoms. The number of carbonyl (C=O) groups is 2. The molecule has 0 aromatic carbocycles. The summed E-state index contributed by atoms with van der Waals surface area (Å²) in [5.74, 6) is -0.207. The number of imide groups is 1. The fraction of sp³-hybridized carbons (Fsp3) is 0.667. The standard InChI is InChI=1S/C12H17NO4/c1-2-6-16-11(15)13-9-12(8-10(13)14)5-3-4-7-17-12/h2H,1,3-9H2. The highest BCUT2D eigenvalue weighted by atomic mass is 16.6. The molecule has 94 valence electrons. The van der Waals surface area contributed by atoms with Crippen molar-refractivity contribution < 1.29 is 19.1 Å². The van der Waals surface area contributed by atoms with Gasteiger partial charge in [-0.25, -0.2) is 9.69 Å². The van der Waals surface area contributed by atoms with Crippen LogP contribution in [0.4, 0.5) is 4.79 Å². The van der Waals surface area contributed by atoms with E-state index in [0.717, 1.165) is 24.2 Å². The van der Waals surface area contributed by atoms with Crippen molar-refractivity contribution in [3.8, 4) is 0 Å². The first-order chi connectivity index (χ1) is 8.17. The maximum absolute atomic E-state index is 11.8. The van der Waals surface area contributed by atoms with Crippen molar-refractivity contribution in [3.05, 3.63) is 12.7 Å². The number of nitrogens with zero attached hydrogens (tertiary/aromatic N) is 1. The van der Waals surface area contributed by atoms with E-state index < -0.39 is 11.7 Å². The summed E-state index contributed by atoms with van der Waals surface area (Å²) in [6, 6.07) is 0. The highest BCUT2D eigenvalue weighted by molar-refractivity contribution is 5.94. The van der Waals surface area contributed by atoms with E-state index in [1.54, 1.807) is 0 Å². The average molecular weight is 239 g/mol. The predicted octanol–water partition coefficient (Wildman–Crippen LogP) is 1.48. The molecule has 0 bridgehead atoms. The van der Waals surface area contributed by atoms with Crippen molar-refractivity contribution in [2.75, 3.05) is 19.8 Å². The quantitative estimate of drug-likeness (QED) is 0.685. The van der Waals surface area contributed by atoms with E-state index in [2.05, 4.69) is 6.58 Å². The number of carbonyl (C=O) groups excluding carboxylic acids is 2. The molecule has 17 heavy (non-hydrogen) atoms. The Hall–Kier alpha value is -1.36. The van der Waals surface area contributed by atoms with Crippen LogP contribution in [0.5, 0.6) is 0 Å². The molecule has 0 aromatic heterocycles. The summed E-state index contributed by atoms with van der Waals surface area (Å²) in [6.45, 7) is 4.57. The first-order valence-electron chi connectivity index (χ1n) is 5.89. The van der Waals surface area contributed by atoms with Crippen LogP contribution in [0.2, 0.25) is 0 Å². The van der Waals surface area contributed by atoms with Crippen LogP contribution >= 0.6 is 0 Å². The molecule has 1 unspecified atom stereocenters. The summed E-state index contributed by atoms with van der Waals surface area (Å²) in [5.41, 5.74) is -0.456. The SMILES string of the molecule is C=CCOC(=O)N1CC2(CCCCO2)CC1=O. The third kappa shape index (κ3) is 2.49. The van der Waals surface area contributed by atoms with E-state index in [1.807, 2.05) is 0 Å². The van der Waals surface area contributed by atoms with Crippen molar-refractivity contribution in [2.45, 2.75) is 31.3 Å². The Morgan fingerprint density at radius 1 is 1.59 bits per heavy atom. The average Bonchev–Trinajstić information content (AvgIpc) is 2.64. The van der Waals surface area contributed by atoms with Crippen LogP contribution in [0, 0.1) is 0 Å². The van der Waals surface area contributed by atoms with Crippen LogP contribution in [0.15, 0.2) is 12.7 Å². The van der Waals surface area contributed by atoms with Gasteiger partial charge in [0.05, 0.1) is 18.6 Å². The fourth-order valence-electron chi connectivity index (χ4n) is 2.35. The number of amides is 2. The van der Waals surface area contributed by atoms with Crippen LogP contribution in [0.3, 0.4) is 0 Å². The zero-order valence-corrected chi connectivity index (χ0v) is 9.81. The van der Waals surface area contributed by atoms with Gasteiger partial charge in [-0.2, -0.15) is 0 Å². The minimum absolute atomic E-state index is 0.121. The lowest BCUT2D eigenvalue weighted by molar-refractivity contribution is -0.127. The molecule has 0 aromatic rings. The molecule has 0 saturated carbocycles. The maximum atomic E-state index is 11.8. The van der Waals surface area contributed by atoms with Gasteiger partial charge in [0.2, 0.25) is 5.91 Å². The Morgan fingerprint density at radius 3 is 3.06 bits per heavy atom. The second-order valence-corrected chi connectivity index (χ2v) is 4.51. The van der Waals surface area contributed by atoms with Crippen LogP contribution in [0.1, 0.15) is 25.7 Å². The second-order valence-electron chi connectivity index (χ2n) is 4.51. The van der Waals surface area contributed by atoms with Crippen molar-refractivity contribution in [3.63, 3.8) is 0 Å². The van der Waals surface area contributed by atoms with E-state index in [1.165, 1.54) is 6.08 Å². The minimum Gasteiger partial charge on any atom is -0.445 e. The fourth-order valence-corrected chi connectivity index (χ4v) is 2.35. The summed E-state index contributed by atoms with van der Waals surface area (Å²) in [6.07, 6.45) is 4.08. The lowest BCUT2D eigenvalue weighted by Gasteiger charge is -2.32. The topological polar surface area (TPSA) is 55.8 Å². The lowest BCUT2D eigenvalue weighted by atomic mass is 9.93. The molecule has 2 aliphatic rings. The maximum Gasteiger partial charge on any atom is 0.416 e. The summed E-state index contributed by atoms with van der Waals surface area (Å²) in [4.78, 5) is 24.5. The molecule has 1 atom stereocenters. The van der Waals surface area contributed by atoms with Gasteiger partial charge in [-0.1, -0.05) is 12.7 Å². The summed E-state index contributed by atoms with van der Waals surface area (Å²) in [7, 11) is 0. The van der Waals surface area contributed by atoms with Gasteiger partial charge in [0.1, 0.15) is 6.61 Å². The molecule has 2 fully saturated rings. The Morgan fingerprint density at radius 2 is 2.41 bits per heavy atom. The molecule has 5 nitrogen and oxygen atoms in total. The molecule has 2 aliphatic heterocycles. The highest BCUT2D eigenvalue weighted by Gasteiger charge is 2.47. The first-order valence-corrected chi connectivity index (χ1v) is 5.89. The van der Waals surface area contributed by atoms with Gasteiger partial charge < -0.3 is 9.47 Å². The van der Waals surface area contributed by atoms with Gasteiger partial charge in [-0.15, -0.1) is 0 Å². The second kappa shape index (κ2) is 4.87. The molecule has 2 saturated heterocycles. The molecule has 0 aliphatic carbocycles. The van der Waals surface area contributed by atoms with Crippen LogP contribution in [-0.2, 0) is 14.3 Å². The number of ether oxygens (including phenoxy) is 2. The van der Waals surface area contributed by atoms with E-state index >= 15 is 0 Å². The van der Waals surface area contributed by atoms with Crippen molar-refractivity contribution in [1.82, 2.24) is 4.90 Å². The number of rotatable bonds is 2. The number of hydrogen-bond acceptors (Lipinski definition) is 4. The smallest absolute Gasteiger partial charge is 0.416 e. The molecular weight excluding hydrogens is 222 g/mol. The zero-order chi connectivity index (χ0) is 12.3. The molecule has 5 heteroatoms. The summed E-state index contributed by atoms with van der Waals surface area (Å²) in [5, 5.41) is 0. The normalized spacial score (nSPS) is 28.5. The monoisotopic (exact) mass is 239 g/mol. The third-order valence-electron chi connectivity index (χ3n) is 3.20. The van der Waals surface area contributed by atoms with Crippen LogP contribution in [0.25, 0.3) is 0 Å². The summed E-state index contributed by atoms with van der Waals surface area (Å²) >= 11 is 0. The predicted molar refractivity (Wildman–Crippen MR) is 60.4 cm³/mol. The van der Waals surface area contributed by atoms with Crippen molar-refractivity contribution >= 4 is 12.0 Å². The van der Waals surface area contributed by atoms with Crippen molar-refractivity contribution in [1.29, 1.82) is 0 Å². The van der Waals surface area contributed by atoms with Gasteiger partial charge in [0.15, 0.2) is 0 Å². The van der Waals surface area contributed by atoms with E-state index in [4.69, 9.17) is 9.47 Å². The Balaban J connectivity index is 1.98. The molecule has 2 rings (SSSR count). The molecule has 2 amide bonds. The third-order valence-corrected chi connectivity index (χ3v) is 3.20. The Labute approximate surface area is 100 Å². The summed E-state index contributed by atoms with van der Waals surface area (Å²) < 4.78 is 10.6. The molecule has 2 heterocycles. The lowest BCUT2D eigenvalue weighted by Crippen LogP contribution is -2.41. The highest BCUT2D eigenvalue weighted by Crippen LogP contribution is 2.34. The minimum atomic E-state index is -0.596. The first kappa shape index (κ1) is 12.1. The van der Waals surface area contributed by atoms with E-state index in [0.29, 0.717) is 13.2 Å². The van der Waals surface area contributed by atoms with Crippen LogP contribution < -0.4 is 0 Å². The number of likely N-dealkylation sites (tertiary alicyclic amines) is 1. The zero-order valence-electron chi connectivity index (χ0n) is 9.81. The van der Waals surface area contributed by atoms with Gasteiger partial charge >= 0.3 is 6.09 Å². The van der Waals surface area contributed by atoms with Gasteiger partial charge in [0, 0.05) is 6.61 Å². The van der Waals surface area contributed by atoms with Crippen molar-refractivity contribution in [2.24, 2.45) is 0 Å². The van der Waals surface area contributed by atoms with Gasteiger partial charge in [0.25, 0.3) is 0 Å². The largest absolute Gasteiger partial charge is 0.445 e. The Kier molecular flexibility index (Phi) is 3.47. The van der Waals surface area contributed by atoms with E-state index in [-0.39, 0.29) is 18.9 Å². The number of hydrogen-bond donors (Lipinski definition) is 0. The van der Waals surface area contributed by atoms with Gasteiger partial charge in [-0.05, 0) is 19.3 Å². The van der Waals surface area contributed by atoms with E-state index in [9.17, 15) is 9.59 Å². The Bertz CT molecular complexity index is 333. The van der Waals surface area contributed by atoms with Crippen LogP contribution in [-0.4, -0.2) is 42.3 Å². The van der Waals surface area contributed by atoms with Gasteiger partial charge in [-0.3, -0.25) is 4.79 Å². The molecule has 0 N–H and O–H groups in total.